The number of halogens is 1. The third-order valence-corrected chi connectivity index (χ3v) is 3.13. The zero-order chi connectivity index (χ0) is 13.7. The molecule has 0 saturated carbocycles. The highest BCUT2D eigenvalue weighted by Crippen LogP contribution is 2.23. The van der Waals surface area contributed by atoms with E-state index in [1.165, 1.54) is 6.07 Å². The van der Waals surface area contributed by atoms with Gasteiger partial charge in [0.1, 0.15) is 0 Å². The second-order valence-electron chi connectivity index (χ2n) is 3.99. The monoisotopic (exact) mass is 321 g/mol. The third-order valence-electron chi connectivity index (χ3n) is 2.64. The van der Waals surface area contributed by atoms with Crippen molar-refractivity contribution in [1.29, 1.82) is 0 Å². The molecule has 0 fully saturated rings. The Hall–Kier alpha value is -1.79. The summed E-state index contributed by atoms with van der Waals surface area (Å²) in [6.45, 7) is 1.10. The van der Waals surface area contributed by atoms with E-state index in [9.17, 15) is 10.1 Å². The molecule has 0 radical (unpaired) electrons. The van der Waals surface area contributed by atoms with Gasteiger partial charge in [-0.15, -0.1) is 0 Å². The van der Waals surface area contributed by atoms with Crippen molar-refractivity contribution in [2.45, 2.75) is 13.1 Å². The standard InChI is InChI=1S/C13H12BrN3O2/c14-12-2-1-11(13(7-12)17(18)19)9-16-8-10-3-5-15-6-4-10/h1-7,16H,8-9H2. The van der Waals surface area contributed by atoms with Crippen LogP contribution in [0.2, 0.25) is 0 Å². The quantitative estimate of drug-likeness (QED) is 0.679. The Kier molecular flexibility index (Phi) is 4.59. The molecule has 0 aliphatic rings. The maximum absolute atomic E-state index is 11.0. The van der Waals surface area contributed by atoms with Crippen molar-refractivity contribution < 1.29 is 4.92 Å². The summed E-state index contributed by atoms with van der Waals surface area (Å²) in [6, 6.07) is 8.88. The van der Waals surface area contributed by atoms with E-state index in [-0.39, 0.29) is 10.6 Å². The zero-order valence-electron chi connectivity index (χ0n) is 10.0. The average Bonchev–Trinajstić information content (AvgIpc) is 2.41. The number of nitrogens with zero attached hydrogens (tertiary/aromatic N) is 2. The van der Waals surface area contributed by atoms with Crippen LogP contribution in [0.4, 0.5) is 5.69 Å². The maximum atomic E-state index is 11.0. The molecule has 0 spiro atoms. The maximum Gasteiger partial charge on any atom is 0.275 e. The van der Waals surface area contributed by atoms with Crippen LogP contribution in [0.3, 0.4) is 0 Å². The van der Waals surface area contributed by atoms with E-state index in [0.717, 1.165) is 5.56 Å². The van der Waals surface area contributed by atoms with E-state index < -0.39 is 0 Å². The van der Waals surface area contributed by atoms with Crippen LogP contribution in [0.1, 0.15) is 11.1 Å². The third kappa shape index (κ3) is 3.84. The van der Waals surface area contributed by atoms with Crippen LogP contribution in [0.5, 0.6) is 0 Å². The van der Waals surface area contributed by atoms with Crippen molar-refractivity contribution in [2.75, 3.05) is 0 Å². The van der Waals surface area contributed by atoms with Crippen molar-refractivity contribution in [3.63, 3.8) is 0 Å². The summed E-state index contributed by atoms with van der Waals surface area (Å²) in [6.07, 6.45) is 3.44. The minimum Gasteiger partial charge on any atom is -0.308 e. The molecule has 1 heterocycles. The van der Waals surface area contributed by atoms with E-state index in [1.807, 2.05) is 12.1 Å². The molecule has 1 aromatic carbocycles. The molecule has 0 aliphatic carbocycles. The van der Waals surface area contributed by atoms with Gasteiger partial charge in [-0.2, -0.15) is 0 Å². The van der Waals surface area contributed by atoms with Gasteiger partial charge in [-0.1, -0.05) is 15.9 Å². The number of aromatic nitrogens is 1. The van der Waals surface area contributed by atoms with Crippen molar-refractivity contribution in [3.05, 3.63) is 68.4 Å². The Bertz CT molecular complexity index is 575. The van der Waals surface area contributed by atoms with Gasteiger partial charge in [0.2, 0.25) is 0 Å². The fraction of sp³-hybridized carbons (Fsp3) is 0.154. The van der Waals surface area contributed by atoms with Crippen LogP contribution in [0.15, 0.2) is 47.2 Å². The van der Waals surface area contributed by atoms with Gasteiger partial charge in [-0.25, -0.2) is 0 Å². The summed E-state index contributed by atoms with van der Waals surface area (Å²) in [5.41, 5.74) is 1.88. The first-order chi connectivity index (χ1) is 9.16. The molecule has 0 aliphatic heterocycles. The van der Waals surface area contributed by atoms with Gasteiger partial charge in [0.15, 0.2) is 0 Å². The van der Waals surface area contributed by atoms with Crippen LogP contribution < -0.4 is 5.32 Å². The highest BCUT2D eigenvalue weighted by molar-refractivity contribution is 9.10. The van der Waals surface area contributed by atoms with Gasteiger partial charge < -0.3 is 5.32 Å². The molecule has 1 N–H and O–H groups in total. The Morgan fingerprint density at radius 2 is 1.95 bits per heavy atom. The molecule has 2 rings (SSSR count). The first-order valence-electron chi connectivity index (χ1n) is 5.69. The Labute approximate surface area is 119 Å². The lowest BCUT2D eigenvalue weighted by Gasteiger charge is -2.06. The van der Waals surface area contributed by atoms with Crippen molar-refractivity contribution in [1.82, 2.24) is 10.3 Å². The SMILES string of the molecule is O=[N+]([O-])c1cc(Br)ccc1CNCc1ccncc1. The topological polar surface area (TPSA) is 68.1 Å². The molecular weight excluding hydrogens is 310 g/mol. The summed E-state index contributed by atoms with van der Waals surface area (Å²) in [4.78, 5) is 14.5. The zero-order valence-corrected chi connectivity index (χ0v) is 11.6. The molecule has 0 bridgehead atoms. The minimum atomic E-state index is -0.367. The Morgan fingerprint density at radius 1 is 1.21 bits per heavy atom. The number of nitrogens with one attached hydrogen (secondary N) is 1. The molecule has 0 saturated heterocycles. The molecular formula is C13H12BrN3O2. The van der Waals surface area contributed by atoms with Gasteiger partial charge in [-0.05, 0) is 29.8 Å². The van der Waals surface area contributed by atoms with Gasteiger partial charge in [-0.3, -0.25) is 15.1 Å². The molecule has 0 unspecified atom stereocenters. The molecule has 98 valence electrons. The van der Waals surface area contributed by atoms with E-state index in [0.29, 0.717) is 23.1 Å². The summed E-state index contributed by atoms with van der Waals surface area (Å²) >= 11 is 3.24. The molecule has 5 nitrogen and oxygen atoms in total. The largest absolute Gasteiger partial charge is 0.308 e. The number of hydrogen-bond acceptors (Lipinski definition) is 4. The lowest BCUT2D eigenvalue weighted by atomic mass is 10.1. The van der Waals surface area contributed by atoms with Crippen LogP contribution in [-0.4, -0.2) is 9.91 Å². The predicted octanol–water partition coefficient (Wildman–Crippen LogP) is 3.04. The Morgan fingerprint density at radius 3 is 2.63 bits per heavy atom. The van der Waals surface area contributed by atoms with Crippen LogP contribution in [-0.2, 0) is 13.1 Å². The van der Waals surface area contributed by atoms with Crippen molar-refractivity contribution in [2.24, 2.45) is 0 Å². The second-order valence-corrected chi connectivity index (χ2v) is 4.90. The van der Waals surface area contributed by atoms with Gasteiger partial charge in [0.05, 0.1) is 4.92 Å². The second kappa shape index (κ2) is 6.40. The number of nitro benzene ring substituents is 1. The molecule has 0 amide bonds. The average molecular weight is 322 g/mol. The van der Waals surface area contributed by atoms with Gasteiger partial charge in [0, 0.05) is 41.6 Å². The summed E-state index contributed by atoms with van der Waals surface area (Å²) in [5.74, 6) is 0. The molecule has 0 atom stereocenters. The first kappa shape index (κ1) is 13.6. The minimum absolute atomic E-state index is 0.122. The van der Waals surface area contributed by atoms with Crippen LogP contribution >= 0.6 is 15.9 Å². The number of nitro groups is 1. The summed E-state index contributed by atoms with van der Waals surface area (Å²) in [5, 5.41) is 14.1. The highest BCUT2D eigenvalue weighted by Gasteiger charge is 2.13. The number of pyridine rings is 1. The number of hydrogen-bond donors (Lipinski definition) is 1. The molecule has 2 aromatic rings. The number of rotatable bonds is 5. The molecule has 19 heavy (non-hydrogen) atoms. The van der Waals surface area contributed by atoms with Crippen molar-refractivity contribution in [3.8, 4) is 0 Å². The number of benzene rings is 1. The highest BCUT2D eigenvalue weighted by atomic mass is 79.9. The summed E-state index contributed by atoms with van der Waals surface area (Å²) < 4.78 is 0.706. The van der Waals surface area contributed by atoms with Gasteiger partial charge in [0.25, 0.3) is 5.69 Å². The van der Waals surface area contributed by atoms with Crippen LogP contribution in [0, 0.1) is 10.1 Å². The van der Waals surface area contributed by atoms with E-state index in [4.69, 9.17) is 0 Å². The van der Waals surface area contributed by atoms with E-state index in [2.05, 4.69) is 26.2 Å². The van der Waals surface area contributed by atoms with Crippen molar-refractivity contribution >= 4 is 21.6 Å². The molecule has 6 heteroatoms. The normalized spacial score (nSPS) is 10.4. The first-order valence-corrected chi connectivity index (χ1v) is 6.48. The van der Waals surface area contributed by atoms with E-state index in [1.54, 1.807) is 24.5 Å². The predicted molar refractivity (Wildman–Crippen MR) is 75.6 cm³/mol. The lowest BCUT2D eigenvalue weighted by Crippen LogP contribution is -2.13. The van der Waals surface area contributed by atoms with Gasteiger partial charge >= 0.3 is 0 Å². The Balaban J connectivity index is 2.02. The lowest BCUT2D eigenvalue weighted by molar-refractivity contribution is -0.385. The summed E-state index contributed by atoms with van der Waals surface area (Å²) in [7, 11) is 0. The molecule has 1 aromatic heterocycles. The van der Waals surface area contributed by atoms with Crippen LogP contribution in [0.25, 0.3) is 0 Å². The van der Waals surface area contributed by atoms with E-state index >= 15 is 0 Å². The smallest absolute Gasteiger partial charge is 0.275 e. The fourth-order valence-electron chi connectivity index (χ4n) is 1.70. The fourth-order valence-corrected chi connectivity index (χ4v) is 2.05.